The molecule has 2 aliphatic rings. The molecule has 2 unspecified atom stereocenters. The summed E-state index contributed by atoms with van der Waals surface area (Å²) in [5.41, 5.74) is 0. The monoisotopic (exact) mass is 274 g/mol. The Morgan fingerprint density at radius 2 is 1.83 bits per heavy atom. The Hall–Kier alpha value is -0.130. The fourth-order valence-corrected chi connectivity index (χ4v) is 4.09. The average molecular weight is 274 g/mol. The lowest BCUT2D eigenvalue weighted by Gasteiger charge is -2.47. The van der Waals surface area contributed by atoms with E-state index in [-0.39, 0.29) is 0 Å². The van der Waals surface area contributed by atoms with Crippen LogP contribution in [0.25, 0.3) is 0 Å². The van der Waals surface area contributed by atoms with Crippen molar-refractivity contribution in [3.8, 4) is 0 Å². The van der Waals surface area contributed by atoms with Crippen molar-refractivity contribution >= 4 is 9.84 Å². The van der Waals surface area contributed by atoms with Crippen LogP contribution in [-0.4, -0.2) is 57.0 Å². The van der Waals surface area contributed by atoms with Gasteiger partial charge in [0.05, 0.1) is 5.75 Å². The Balaban J connectivity index is 1.72. The number of rotatable bonds is 5. The molecule has 2 saturated heterocycles. The first-order valence-corrected chi connectivity index (χ1v) is 9.15. The molecule has 2 fully saturated rings. The third-order valence-electron chi connectivity index (χ3n) is 4.46. The van der Waals surface area contributed by atoms with Crippen molar-refractivity contribution in [3.05, 3.63) is 0 Å². The molecule has 0 amide bonds. The summed E-state index contributed by atoms with van der Waals surface area (Å²) in [6.07, 6.45) is 8.54. The Bertz CT molecular complexity index is 355. The Kier molecular flexibility index (Phi) is 4.67. The van der Waals surface area contributed by atoms with Crippen LogP contribution < -0.4 is 5.32 Å². The summed E-state index contributed by atoms with van der Waals surface area (Å²) < 4.78 is 22.1. The standard InChI is InChI=1S/C13H26N2O2S/c1-15-12-5-3-6-13(15)10-11(9-12)14-7-4-8-18(2,16)17/h11-14H,3-10H2,1-2H3. The zero-order chi connectivity index (χ0) is 13.2. The first-order valence-electron chi connectivity index (χ1n) is 7.09. The summed E-state index contributed by atoms with van der Waals surface area (Å²) in [4.78, 5) is 2.55. The molecule has 0 aromatic rings. The number of hydrogen-bond acceptors (Lipinski definition) is 4. The molecule has 0 saturated carbocycles. The molecule has 2 aliphatic heterocycles. The van der Waals surface area contributed by atoms with E-state index >= 15 is 0 Å². The smallest absolute Gasteiger partial charge is 0.147 e. The van der Waals surface area contributed by atoms with Gasteiger partial charge in [-0.15, -0.1) is 0 Å². The van der Waals surface area contributed by atoms with Crippen LogP contribution in [0.15, 0.2) is 0 Å². The van der Waals surface area contributed by atoms with Gasteiger partial charge in [0.1, 0.15) is 9.84 Å². The summed E-state index contributed by atoms with van der Waals surface area (Å²) in [6, 6.07) is 2.07. The molecule has 2 atom stereocenters. The van der Waals surface area contributed by atoms with Crippen LogP contribution in [0.3, 0.4) is 0 Å². The summed E-state index contributed by atoms with van der Waals surface area (Å²) in [6.45, 7) is 0.834. The molecule has 0 aromatic heterocycles. The lowest BCUT2D eigenvalue weighted by atomic mass is 9.82. The third kappa shape index (κ3) is 3.93. The molecular formula is C13H26N2O2S. The molecule has 1 N–H and O–H groups in total. The van der Waals surface area contributed by atoms with Crippen LogP contribution in [0.2, 0.25) is 0 Å². The highest BCUT2D eigenvalue weighted by atomic mass is 32.2. The fourth-order valence-electron chi connectivity index (χ4n) is 3.42. The van der Waals surface area contributed by atoms with Gasteiger partial charge in [-0.05, 0) is 45.7 Å². The van der Waals surface area contributed by atoms with Crippen LogP contribution in [0, 0.1) is 0 Å². The maximum absolute atomic E-state index is 11.1. The van der Waals surface area contributed by atoms with Gasteiger partial charge >= 0.3 is 0 Å². The van der Waals surface area contributed by atoms with E-state index in [9.17, 15) is 8.42 Å². The van der Waals surface area contributed by atoms with E-state index in [1.807, 2.05) is 0 Å². The van der Waals surface area contributed by atoms with E-state index in [2.05, 4.69) is 17.3 Å². The summed E-state index contributed by atoms with van der Waals surface area (Å²) in [5, 5.41) is 3.55. The van der Waals surface area contributed by atoms with Crippen LogP contribution >= 0.6 is 0 Å². The maximum atomic E-state index is 11.1. The fraction of sp³-hybridized carbons (Fsp3) is 1.00. The van der Waals surface area contributed by atoms with Crippen LogP contribution in [0.4, 0.5) is 0 Å². The minimum atomic E-state index is -2.80. The van der Waals surface area contributed by atoms with E-state index in [1.54, 1.807) is 0 Å². The molecule has 4 nitrogen and oxygen atoms in total. The van der Waals surface area contributed by atoms with Crippen LogP contribution in [-0.2, 0) is 9.84 Å². The Labute approximate surface area is 111 Å². The Morgan fingerprint density at radius 3 is 2.39 bits per heavy atom. The number of piperidine rings is 2. The van der Waals surface area contributed by atoms with E-state index in [0.717, 1.165) is 25.0 Å². The van der Waals surface area contributed by atoms with E-state index < -0.39 is 9.84 Å². The number of nitrogens with zero attached hydrogens (tertiary/aromatic N) is 1. The quantitative estimate of drug-likeness (QED) is 0.761. The van der Waals surface area contributed by atoms with Crippen molar-refractivity contribution in [2.75, 3.05) is 25.6 Å². The first-order chi connectivity index (χ1) is 8.46. The first kappa shape index (κ1) is 14.3. The second-order valence-corrected chi connectivity index (χ2v) is 8.27. The maximum Gasteiger partial charge on any atom is 0.147 e. The summed E-state index contributed by atoms with van der Waals surface area (Å²) in [7, 11) is -0.541. The third-order valence-corrected chi connectivity index (χ3v) is 5.49. The minimum Gasteiger partial charge on any atom is -0.314 e. The highest BCUT2D eigenvalue weighted by Gasteiger charge is 2.35. The number of hydrogen-bond donors (Lipinski definition) is 1. The van der Waals surface area contributed by atoms with Gasteiger partial charge in [0.15, 0.2) is 0 Å². The molecule has 0 aliphatic carbocycles. The molecule has 5 heteroatoms. The van der Waals surface area contributed by atoms with Crippen molar-refractivity contribution in [1.29, 1.82) is 0 Å². The van der Waals surface area contributed by atoms with E-state index in [4.69, 9.17) is 0 Å². The Morgan fingerprint density at radius 1 is 1.22 bits per heavy atom. The largest absolute Gasteiger partial charge is 0.314 e. The van der Waals surface area contributed by atoms with Gasteiger partial charge in [-0.2, -0.15) is 0 Å². The van der Waals surface area contributed by atoms with Crippen molar-refractivity contribution in [2.45, 2.75) is 56.7 Å². The van der Waals surface area contributed by atoms with Gasteiger partial charge in [0, 0.05) is 24.4 Å². The van der Waals surface area contributed by atoms with Crippen molar-refractivity contribution in [3.63, 3.8) is 0 Å². The molecule has 2 rings (SSSR count). The number of sulfone groups is 1. The highest BCUT2D eigenvalue weighted by Crippen LogP contribution is 2.32. The SMILES string of the molecule is CN1C2CCCC1CC(NCCCS(C)(=O)=O)C2. The van der Waals surface area contributed by atoms with Gasteiger partial charge < -0.3 is 10.2 Å². The van der Waals surface area contributed by atoms with Crippen LogP contribution in [0.5, 0.6) is 0 Å². The predicted octanol–water partition coefficient (Wildman–Crippen LogP) is 1.03. The van der Waals surface area contributed by atoms with Gasteiger partial charge in [-0.25, -0.2) is 8.42 Å². The lowest BCUT2D eigenvalue weighted by Crippen LogP contribution is -2.54. The molecule has 0 aromatic carbocycles. The van der Waals surface area contributed by atoms with Gasteiger partial charge in [0.2, 0.25) is 0 Å². The highest BCUT2D eigenvalue weighted by molar-refractivity contribution is 7.90. The van der Waals surface area contributed by atoms with Gasteiger partial charge in [-0.1, -0.05) is 6.42 Å². The summed E-state index contributed by atoms with van der Waals surface area (Å²) in [5.74, 6) is 0.305. The average Bonchev–Trinajstić information content (AvgIpc) is 2.24. The van der Waals surface area contributed by atoms with E-state index in [1.165, 1.54) is 38.4 Å². The second-order valence-electron chi connectivity index (χ2n) is 6.01. The minimum absolute atomic E-state index is 0.305. The normalized spacial score (nSPS) is 33.6. The molecular weight excluding hydrogens is 248 g/mol. The second kappa shape index (κ2) is 5.88. The topological polar surface area (TPSA) is 49.4 Å². The van der Waals surface area contributed by atoms with Crippen molar-refractivity contribution in [2.24, 2.45) is 0 Å². The molecule has 2 bridgehead atoms. The van der Waals surface area contributed by atoms with Gasteiger partial charge in [0.25, 0.3) is 0 Å². The zero-order valence-corrected chi connectivity index (χ0v) is 12.4. The number of fused-ring (bicyclic) bond motifs is 2. The van der Waals surface area contributed by atoms with Crippen LogP contribution in [0.1, 0.15) is 38.5 Å². The molecule has 18 heavy (non-hydrogen) atoms. The van der Waals surface area contributed by atoms with Crippen molar-refractivity contribution < 1.29 is 8.42 Å². The molecule has 0 spiro atoms. The van der Waals surface area contributed by atoms with Crippen molar-refractivity contribution in [1.82, 2.24) is 10.2 Å². The number of nitrogens with one attached hydrogen (secondary N) is 1. The lowest BCUT2D eigenvalue weighted by molar-refractivity contribution is 0.0487. The summed E-state index contributed by atoms with van der Waals surface area (Å²) >= 11 is 0. The molecule has 106 valence electrons. The van der Waals surface area contributed by atoms with Gasteiger partial charge in [-0.3, -0.25) is 0 Å². The zero-order valence-electron chi connectivity index (χ0n) is 11.6. The van der Waals surface area contributed by atoms with E-state index in [0.29, 0.717) is 11.8 Å². The molecule has 0 radical (unpaired) electrons. The predicted molar refractivity (Wildman–Crippen MR) is 74.5 cm³/mol. The molecule has 2 heterocycles.